The van der Waals surface area contributed by atoms with Gasteiger partial charge >= 0.3 is 0 Å². The summed E-state index contributed by atoms with van der Waals surface area (Å²) >= 11 is 0. The highest BCUT2D eigenvalue weighted by Gasteiger charge is 2.22. The van der Waals surface area contributed by atoms with Crippen molar-refractivity contribution < 1.29 is 4.79 Å². The Bertz CT molecular complexity index is 407. The second-order valence-electron chi connectivity index (χ2n) is 5.64. The van der Waals surface area contributed by atoms with Gasteiger partial charge < -0.3 is 11.1 Å². The highest BCUT2D eigenvalue weighted by Crippen LogP contribution is 2.27. The number of rotatable bonds is 5. The van der Waals surface area contributed by atoms with Gasteiger partial charge in [-0.2, -0.15) is 0 Å². The quantitative estimate of drug-likeness (QED) is 0.800. The Balaban J connectivity index is 1.73. The average molecular weight is 260 g/mol. The van der Waals surface area contributed by atoms with Crippen LogP contribution < -0.4 is 11.1 Å². The van der Waals surface area contributed by atoms with Gasteiger partial charge in [0.15, 0.2) is 0 Å². The summed E-state index contributed by atoms with van der Waals surface area (Å²) in [6.45, 7) is 2.14. The first kappa shape index (κ1) is 13.9. The third-order valence-electron chi connectivity index (χ3n) is 4.12. The number of nitrogens with two attached hydrogens (primary N) is 1. The molecule has 1 fully saturated rings. The molecule has 0 unspecified atom stereocenters. The van der Waals surface area contributed by atoms with Crippen LogP contribution in [0.15, 0.2) is 24.3 Å². The normalized spacial score (nSPS) is 17.3. The standard InChI is InChI=1S/C16H24N2O/c1-12(14-4-2-3-5-14)18-16(19)11-8-13-6-9-15(17)10-7-13/h6-7,9-10,12,14H,2-5,8,11,17H2,1H3,(H,18,19)/t12-/m0/s1. The maximum atomic E-state index is 11.9. The van der Waals surface area contributed by atoms with E-state index in [-0.39, 0.29) is 5.91 Å². The van der Waals surface area contributed by atoms with Crippen molar-refractivity contribution in [2.24, 2.45) is 5.92 Å². The molecule has 1 aliphatic rings. The number of amides is 1. The molecule has 1 aliphatic carbocycles. The average Bonchev–Trinajstić information content (AvgIpc) is 2.92. The Morgan fingerprint density at radius 3 is 2.58 bits per heavy atom. The molecule has 0 aromatic heterocycles. The zero-order valence-electron chi connectivity index (χ0n) is 11.7. The van der Waals surface area contributed by atoms with E-state index in [1.807, 2.05) is 24.3 Å². The van der Waals surface area contributed by atoms with Crippen molar-refractivity contribution >= 4 is 11.6 Å². The lowest BCUT2D eigenvalue weighted by molar-refractivity contribution is -0.122. The van der Waals surface area contributed by atoms with Crippen LogP contribution in [-0.2, 0) is 11.2 Å². The van der Waals surface area contributed by atoms with Gasteiger partial charge in [0.2, 0.25) is 5.91 Å². The summed E-state index contributed by atoms with van der Waals surface area (Å²) in [5.41, 5.74) is 7.57. The van der Waals surface area contributed by atoms with Crippen molar-refractivity contribution in [1.82, 2.24) is 5.32 Å². The fourth-order valence-electron chi connectivity index (χ4n) is 2.84. The van der Waals surface area contributed by atoms with E-state index in [1.165, 1.54) is 25.7 Å². The Hall–Kier alpha value is -1.51. The fraction of sp³-hybridized carbons (Fsp3) is 0.562. The molecule has 3 heteroatoms. The number of carbonyl (C=O) groups excluding carboxylic acids is 1. The van der Waals surface area contributed by atoms with Gasteiger partial charge in [-0.05, 0) is 49.8 Å². The number of nitrogens with one attached hydrogen (secondary N) is 1. The van der Waals surface area contributed by atoms with Crippen LogP contribution in [0.1, 0.15) is 44.6 Å². The lowest BCUT2D eigenvalue weighted by atomic mass is 9.99. The summed E-state index contributed by atoms with van der Waals surface area (Å²) in [6.07, 6.45) is 6.50. The Morgan fingerprint density at radius 1 is 1.32 bits per heavy atom. The van der Waals surface area contributed by atoms with Gasteiger partial charge in [-0.3, -0.25) is 4.79 Å². The van der Waals surface area contributed by atoms with Crippen LogP contribution in [0.2, 0.25) is 0 Å². The molecule has 0 spiro atoms. The van der Waals surface area contributed by atoms with Gasteiger partial charge in [0.25, 0.3) is 0 Å². The fourth-order valence-corrected chi connectivity index (χ4v) is 2.84. The van der Waals surface area contributed by atoms with Gasteiger partial charge in [-0.1, -0.05) is 25.0 Å². The molecule has 0 heterocycles. The van der Waals surface area contributed by atoms with E-state index in [0.717, 1.165) is 17.7 Å². The maximum Gasteiger partial charge on any atom is 0.220 e. The topological polar surface area (TPSA) is 55.1 Å². The summed E-state index contributed by atoms with van der Waals surface area (Å²) in [7, 11) is 0. The van der Waals surface area contributed by atoms with Gasteiger partial charge in [0, 0.05) is 18.2 Å². The Labute approximate surface area is 115 Å². The summed E-state index contributed by atoms with van der Waals surface area (Å²) in [4.78, 5) is 11.9. The van der Waals surface area contributed by atoms with Gasteiger partial charge in [0.05, 0.1) is 0 Å². The molecule has 19 heavy (non-hydrogen) atoms. The Morgan fingerprint density at radius 2 is 1.95 bits per heavy atom. The van der Waals surface area contributed by atoms with Crippen molar-refractivity contribution in [2.75, 3.05) is 5.73 Å². The molecule has 104 valence electrons. The SMILES string of the molecule is C[C@H](NC(=O)CCc1ccc(N)cc1)C1CCCC1. The van der Waals surface area contributed by atoms with Crippen LogP contribution in [0.5, 0.6) is 0 Å². The van der Waals surface area contributed by atoms with Crippen LogP contribution in [0.25, 0.3) is 0 Å². The van der Waals surface area contributed by atoms with Crippen LogP contribution in [0, 0.1) is 5.92 Å². The molecule has 0 bridgehead atoms. The lowest BCUT2D eigenvalue weighted by Crippen LogP contribution is -2.37. The molecule has 1 aromatic rings. The molecule has 3 nitrogen and oxygen atoms in total. The van der Waals surface area contributed by atoms with Crippen LogP contribution in [0.4, 0.5) is 5.69 Å². The lowest BCUT2D eigenvalue weighted by Gasteiger charge is -2.20. The smallest absolute Gasteiger partial charge is 0.220 e. The summed E-state index contributed by atoms with van der Waals surface area (Å²) in [6, 6.07) is 8.07. The second kappa shape index (κ2) is 6.60. The molecular weight excluding hydrogens is 236 g/mol. The van der Waals surface area contributed by atoms with E-state index in [9.17, 15) is 4.79 Å². The molecule has 2 rings (SSSR count). The first-order valence-corrected chi connectivity index (χ1v) is 7.29. The highest BCUT2D eigenvalue weighted by atomic mass is 16.1. The van der Waals surface area contributed by atoms with E-state index < -0.39 is 0 Å². The largest absolute Gasteiger partial charge is 0.399 e. The van der Waals surface area contributed by atoms with E-state index >= 15 is 0 Å². The molecule has 1 atom stereocenters. The first-order chi connectivity index (χ1) is 9.15. The monoisotopic (exact) mass is 260 g/mol. The first-order valence-electron chi connectivity index (χ1n) is 7.29. The minimum atomic E-state index is 0.163. The zero-order chi connectivity index (χ0) is 13.7. The van der Waals surface area contributed by atoms with E-state index in [4.69, 9.17) is 5.73 Å². The Kier molecular flexibility index (Phi) is 4.83. The summed E-state index contributed by atoms with van der Waals surface area (Å²) in [5.74, 6) is 0.844. The van der Waals surface area contributed by atoms with E-state index in [0.29, 0.717) is 18.4 Å². The van der Waals surface area contributed by atoms with E-state index in [2.05, 4.69) is 12.2 Å². The molecule has 1 aromatic carbocycles. The van der Waals surface area contributed by atoms with Crippen molar-refractivity contribution in [3.8, 4) is 0 Å². The third-order valence-corrected chi connectivity index (χ3v) is 4.12. The van der Waals surface area contributed by atoms with Crippen LogP contribution >= 0.6 is 0 Å². The second-order valence-corrected chi connectivity index (χ2v) is 5.64. The third kappa shape index (κ3) is 4.27. The predicted octanol–water partition coefficient (Wildman–Crippen LogP) is 2.90. The summed E-state index contributed by atoms with van der Waals surface area (Å²) in [5, 5.41) is 3.14. The molecule has 0 aliphatic heterocycles. The number of carbonyl (C=O) groups is 1. The minimum Gasteiger partial charge on any atom is -0.399 e. The molecule has 0 saturated heterocycles. The number of benzene rings is 1. The highest BCUT2D eigenvalue weighted by molar-refractivity contribution is 5.76. The number of nitrogen functional groups attached to an aromatic ring is 1. The van der Waals surface area contributed by atoms with E-state index in [1.54, 1.807) is 0 Å². The van der Waals surface area contributed by atoms with Crippen molar-refractivity contribution in [3.63, 3.8) is 0 Å². The molecular formula is C16H24N2O. The van der Waals surface area contributed by atoms with Crippen molar-refractivity contribution in [1.29, 1.82) is 0 Å². The molecule has 0 radical (unpaired) electrons. The van der Waals surface area contributed by atoms with Gasteiger partial charge in [-0.25, -0.2) is 0 Å². The number of hydrogen-bond acceptors (Lipinski definition) is 2. The predicted molar refractivity (Wildman–Crippen MR) is 78.7 cm³/mol. The number of hydrogen-bond donors (Lipinski definition) is 2. The number of anilines is 1. The molecule has 1 amide bonds. The van der Waals surface area contributed by atoms with Crippen molar-refractivity contribution in [3.05, 3.63) is 29.8 Å². The summed E-state index contributed by atoms with van der Waals surface area (Å²) < 4.78 is 0. The zero-order valence-corrected chi connectivity index (χ0v) is 11.7. The maximum absolute atomic E-state index is 11.9. The van der Waals surface area contributed by atoms with Crippen LogP contribution in [-0.4, -0.2) is 11.9 Å². The van der Waals surface area contributed by atoms with Crippen molar-refractivity contribution in [2.45, 2.75) is 51.5 Å². The molecule has 1 saturated carbocycles. The minimum absolute atomic E-state index is 0.163. The molecule has 3 N–H and O–H groups in total. The van der Waals surface area contributed by atoms with Gasteiger partial charge in [-0.15, -0.1) is 0 Å². The van der Waals surface area contributed by atoms with Crippen LogP contribution in [0.3, 0.4) is 0 Å². The van der Waals surface area contributed by atoms with Gasteiger partial charge in [0.1, 0.15) is 0 Å². The number of aryl methyl sites for hydroxylation is 1.